The minimum Gasteiger partial charge on any atom is -0.319 e. The van der Waals surface area contributed by atoms with Gasteiger partial charge in [0.05, 0.1) is 0 Å². The molecule has 666 valence electrons. The fourth-order valence-electron chi connectivity index (χ4n) is 20.9. The quantitative estimate of drug-likeness (QED) is 0.0598. The van der Waals surface area contributed by atoms with E-state index in [4.69, 9.17) is 14.1 Å². The second kappa shape index (κ2) is 37.9. The smallest absolute Gasteiger partial charge is 0.188 e. The summed E-state index contributed by atoms with van der Waals surface area (Å²) >= 11 is 0. The van der Waals surface area contributed by atoms with Gasteiger partial charge < -0.3 is 9.13 Å². The fourth-order valence-corrected chi connectivity index (χ4v) is 20.9. The molecular formula is C129H88N8Pt2-2. The van der Waals surface area contributed by atoms with Crippen molar-refractivity contribution < 1.29 is 46.2 Å². The first kappa shape index (κ1) is 84.2. The number of pyridine rings is 2. The normalized spacial score (nSPS) is 11.9. The Morgan fingerprint density at radius 3 is 0.921 bits per heavy atom. The third-order valence-electron chi connectivity index (χ3n) is 27.0. The molecule has 0 N–H and O–H groups in total. The predicted octanol–water partition coefficient (Wildman–Crippen LogP) is 30.9. The van der Waals surface area contributed by atoms with Crippen LogP contribution in [0.2, 0.25) is 0 Å². The number of benzene rings is 19. The third-order valence-corrected chi connectivity index (χ3v) is 27.0. The first-order chi connectivity index (χ1) is 69.1. The van der Waals surface area contributed by atoms with Gasteiger partial charge >= 0.3 is 0 Å². The maximum atomic E-state index is 8.40. The Morgan fingerprint density at radius 1 is 0.245 bits per heavy atom. The molecule has 0 aliphatic carbocycles. The molecule has 6 heterocycles. The number of imidazole rings is 2. The van der Waals surface area contributed by atoms with Gasteiger partial charge in [-0.25, -0.2) is 23.7 Å². The van der Waals surface area contributed by atoms with E-state index in [0.29, 0.717) is 11.2 Å². The van der Waals surface area contributed by atoms with E-state index in [1.807, 2.05) is 65.5 Å². The molecule has 0 fully saturated rings. The second-order valence-corrected chi connectivity index (χ2v) is 34.6. The van der Waals surface area contributed by atoms with E-state index in [-0.39, 0.29) is 42.1 Å². The first-order valence-corrected chi connectivity index (χ1v) is 46.3. The summed E-state index contributed by atoms with van der Waals surface area (Å²) in [6.45, 7) is -2.38. The molecule has 0 saturated heterocycles. The minimum atomic E-state index is -2.38. The number of nitrogens with zero attached hydrogens (tertiary/aromatic N) is 8. The number of hydrogen-bond donors (Lipinski definition) is 0. The zero-order valence-electron chi connectivity index (χ0n) is 78.3. The van der Waals surface area contributed by atoms with Crippen molar-refractivity contribution in [1.82, 2.24) is 37.4 Å². The largest absolute Gasteiger partial charge is 0.319 e. The van der Waals surface area contributed by atoms with E-state index in [9.17, 15) is 0 Å². The van der Waals surface area contributed by atoms with Crippen LogP contribution < -0.4 is 0 Å². The summed E-state index contributed by atoms with van der Waals surface area (Å²) in [7, 11) is 0. The molecule has 0 spiro atoms. The van der Waals surface area contributed by atoms with Gasteiger partial charge in [-0.05, 0) is 160 Å². The molecular weight excluding hydrogens is 2050 g/mol. The topological polar surface area (TPSA) is 55.4 Å². The van der Waals surface area contributed by atoms with E-state index in [1.54, 1.807) is 6.33 Å². The summed E-state index contributed by atoms with van der Waals surface area (Å²) in [4.78, 5) is 10.4. The van der Waals surface area contributed by atoms with E-state index in [2.05, 4.69) is 492 Å². The SMILES string of the molecule is [2H]C([2H])([2H])n1[cH+]n(-c2[c-]c(C(c3[c-]c4c(cc3)c3ccccc3n4-c3cc(-c4c(-c5ccccc5)cccc4-c4ccccc4)ccn3)(c3ccccc3)c3ccccc3)ccc2)c2ccccc21.[Pt].[Pt].[c-]1c(-n2[cH+]n(-c3ccccc3)c3ccccc32)cccc1C(c1[c-]c2c(cc1)c1ccccc1n2-c1cc(-c2c(-c3ccccc3)cccc2-c2ccccc2)ccn1)(c1ccccc1)c1ccccc1. The van der Waals surface area contributed by atoms with Gasteiger partial charge in [0.25, 0.3) is 0 Å². The molecule has 0 unspecified atom stereocenters. The fraction of sp³-hybridized carbons (Fsp3) is 0.0233. The number of para-hydroxylation sites is 7. The van der Waals surface area contributed by atoms with Crippen molar-refractivity contribution in [2.75, 3.05) is 0 Å². The van der Waals surface area contributed by atoms with Crippen molar-refractivity contribution in [3.63, 3.8) is 0 Å². The third kappa shape index (κ3) is 15.6. The Hall–Kier alpha value is -16.6. The number of fused-ring (bicyclic) bond motifs is 8. The average molecular weight is 2140 g/mol. The standard InChI is InChI=1S/C67H45N4.C62H43N4.2Pt/c1-6-22-48(23-7-1)57-35-21-36-58(49-24-8-2-9-25-49)66(57)50-42-43-68-65(44-50)71-61-37-17-16-34-59(61)60-41-40-54(46-64(60)71)67(51-26-10-3-11-27-51,52-28-12-4-13-29-52)53-30-20-33-56(45-53)70-47-69(55-31-14-5-15-32-55)62-38-18-19-39-63(62)70;1-64-43-65(58-35-17-16-34-57(58)64)51-29-18-28-49(41-51)62(47-24-10-4-11-25-47,48-26-12-5-13-27-48)50-36-37-55-54-30-14-15-33-56(54)66(59(55)42-50)60-40-46(38-39-63-60)61-52(44-20-6-2-7-21-44)31-19-32-53(61)45-22-8-3-9-23-45;;/h1-44,47H;2-40,43H,1H3;;/q2*-1;;/i;1D3;;. The van der Waals surface area contributed by atoms with E-state index in [1.165, 1.54) is 4.57 Å². The van der Waals surface area contributed by atoms with Crippen LogP contribution in [0.3, 0.4) is 0 Å². The van der Waals surface area contributed by atoms with Gasteiger partial charge in [-0.2, -0.15) is 65.2 Å². The summed E-state index contributed by atoms with van der Waals surface area (Å²) in [5.74, 6) is 1.59. The van der Waals surface area contributed by atoms with Crippen molar-refractivity contribution in [2.45, 2.75) is 10.8 Å². The van der Waals surface area contributed by atoms with Crippen LogP contribution >= 0.6 is 0 Å². The van der Waals surface area contributed by atoms with E-state index in [0.717, 1.165) is 194 Å². The Labute approximate surface area is 841 Å². The average Bonchev–Trinajstić information content (AvgIpc) is 1.35. The van der Waals surface area contributed by atoms with Gasteiger partial charge in [-0.15, -0.1) is 51.2 Å². The van der Waals surface area contributed by atoms with Gasteiger partial charge in [0.2, 0.25) is 0 Å². The molecule has 25 rings (SSSR count). The Bertz CT molecular complexity index is 8710. The van der Waals surface area contributed by atoms with Crippen molar-refractivity contribution in [2.24, 2.45) is 6.98 Å². The van der Waals surface area contributed by atoms with Crippen molar-refractivity contribution in [3.8, 4) is 95.5 Å². The van der Waals surface area contributed by atoms with Crippen LogP contribution in [0.4, 0.5) is 0 Å². The number of aromatic nitrogens is 8. The van der Waals surface area contributed by atoms with Gasteiger partial charge in [0.15, 0.2) is 34.7 Å². The van der Waals surface area contributed by atoms with Crippen LogP contribution in [0.1, 0.15) is 48.6 Å². The molecule has 0 radical (unpaired) electrons. The summed E-state index contributed by atoms with van der Waals surface area (Å²) in [6.07, 6.45) is 7.72. The molecule has 0 aliphatic rings. The van der Waals surface area contributed by atoms with Crippen LogP contribution in [0.15, 0.2) is 516 Å². The Morgan fingerprint density at radius 2 is 0.547 bits per heavy atom. The summed E-state index contributed by atoms with van der Waals surface area (Å²) in [5, 5.41) is 4.38. The molecule has 10 heteroatoms. The zero-order chi connectivity index (χ0) is 93.7. The van der Waals surface area contributed by atoms with Gasteiger partial charge in [0.1, 0.15) is 17.3 Å². The maximum Gasteiger partial charge on any atom is 0.188 e. The Kier molecular flexibility index (Phi) is 23.0. The number of hydrogen-bond acceptors (Lipinski definition) is 2. The molecule has 0 bridgehead atoms. The second-order valence-electron chi connectivity index (χ2n) is 34.6. The van der Waals surface area contributed by atoms with Crippen molar-refractivity contribution >= 4 is 65.7 Å². The maximum absolute atomic E-state index is 8.40. The van der Waals surface area contributed by atoms with Crippen LogP contribution in [0.5, 0.6) is 0 Å². The molecule has 0 atom stereocenters. The molecule has 0 saturated carbocycles. The molecule has 0 aliphatic heterocycles. The predicted molar refractivity (Wildman–Crippen MR) is 563 cm³/mol. The van der Waals surface area contributed by atoms with Crippen molar-refractivity contribution in [3.05, 3.63) is 585 Å². The molecule has 25 aromatic rings. The summed E-state index contributed by atoms with van der Waals surface area (Å²) in [6, 6.07) is 189. The molecule has 0 amide bonds. The monoisotopic (exact) mass is 2140 g/mol. The van der Waals surface area contributed by atoms with Gasteiger partial charge in [-0.1, -0.05) is 363 Å². The van der Waals surface area contributed by atoms with Crippen LogP contribution in [0.25, 0.3) is 161 Å². The number of rotatable bonds is 19. The summed E-state index contributed by atoms with van der Waals surface area (Å²) < 4.78 is 37.6. The Balaban J connectivity index is 0.000000161. The minimum absolute atomic E-state index is 0. The zero-order valence-corrected chi connectivity index (χ0v) is 79.8. The van der Waals surface area contributed by atoms with Gasteiger partial charge in [-0.3, -0.25) is 0 Å². The van der Waals surface area contributed by atoms with Crippen LogP contribution in [0, 0.1) is 24.3 Å². The molecule has 139 heavy (non-hydrogen) atoms. The van der Waals surface area contributed by atoms with Crippen molar-refractivity contribution in [1.29, 1.82) is 0 Å². The van der Waals surface area contributed by atoms with E-state index >= 15 is 0 Å². The first-order valence-electron chi connectivity index (χ1n) is 47.8. The summed E-state index contributed by atoms with van der Waals surface area (Å²) in [5.41, 5.74) is 30.1. The molecule has 19 aromatic carbocycles. The van der Waals surface area contributed by atoms with Crippen LogP contribution in [-0.2, 0) is 59.9 Å². The molecule has 8 nitrogen and oxygen atoms in total. The number of aryl methyl sites for hydroxylation is 1. The molecule has 6 aromatic heterocycles. The van der Waals surface area contributed by atoms with E-state index < -0.39 is 17.8 Å². The van der Waals surface area contributed by atoms with Gasteiger partial charge in [0, 0.05) is 123 Å². The van der Waals surface area contributed by atoms with Crippen LogP contribution in [-0.4, -0.2) is 37.4 Å².